The average molecular weight is 256 g/mol. The fourth-order valence-corrected chi connectivity index (χ4v) is 0.706. The predicted octanol–water partition coefficient (Wildman–Crippen LogP) is 2.74. The van der Waals surface area contributed by atoms with Crippen LogP contribution < -0.4 is 0 Å². The summed E-state index contributed by atoms with van der Waals surface area (Å²) in [6, 6.07) is 0. The van der Waals surface area contributed by atoms with E-state index in [-0.39, 0.29) is 17.9 Å². The molecule has 0 saturated heterocycles. The lowest BCUT2D eigenvalue weighted by Crippen LogP contribution is -2.08. The smallest absolute Gasteiger partial charge is 0.333 e. The second-order valence-electron chi connectivity index (χ2n) is 4.30. The molecule has 18 heavy (non-hydrogen) atoms. The highest BCUT2D eigenvalue weighted by Crippen LogP contribution is 2.06. The quantitative estimate of drug-likeness (QED) is 0.573. The van der Waals surface area contributed by atoms with Crippen LogP contribution in [0.3, 0.4) is 0 Å². The summed E-state index contributed by atoms with van der Waals surface area (Å²) in [7, 11) is 2.73. The highest BCUT2D eigenvalue weighted by Gasteiger charge is 2.09. The van der Waals surface area contributed by atoms with Gasteiger partial charge in [-0.15, -0.1) is 0 Å². The van der Waals surface area contributed by atoms with E-state index in [9.17, 15) is 9.59 Å². The summed E-state index contributed by atoms with van der Waals surface area (Å²) in [6.45, 7) is 11.4. The zero-order valence-corrected chi connectivity index (χ0v) is 12.1. The predicted molar refractivity (Wildman–Crippen MR) is 72.0 cm³/mol. The van der Waals surface area contributed by atoms with E-state index in [1.807, 2.05) is 27.7 Å². The van der Waals surface area contributed by atoms with Gasteiger partial charge in [0.15, 0.2) is 0 Å². The van der Waals surface area contributed by atoms with Gasteiger partial charge < -0.3 is 9.47 Å². The molecule has 0 atom stereocenters. The molecule has 0 heterocycles. The Kier molecular flexibility index (Phi) is 11.0. The molecule has 0 spiro atoms. The third-order valence-corrected chi connectivity index (χ3v) is 1.96. The average Bonchev–Trinajstić information content (AvgIpc) is 2.34. The maximum atomic E-state index is 10.6. The molecular formula is C14H24O4. The Labute approximate surface area is 110 Å². The van der Waals surface area contributed by atoms with Gasteiger partial charge >= 0.3 is 11.9 Å². The van der Waals surface area contributed by atoms with Crippen molar-refractivity contribution in [3.05, 3.63) is 24.3 Å². The van der Waals surface area contributed by atoms with Crippen LogP contribution in [-0.4, -0.2) is 26.2 Å². The van der Waals surface area contributed by atoms with Gasteiger partial charge in [-0.25, -0.2) is 9.59 Å². The third-order valence-electron chi connectivity index (χ3n) is 1.96. The van der Waals surface area contributed by atoms with E-state index in [1.165, 1.54) is 20.3 Å². The van der Waals surface area contributed by atoms with Crippen LogP contribution in [-0.2, 0) is 19.1 Å². The van der Waals surface area contributed by atoms with Gasteiger partial charge in [0.05, 0.1) is 14.2 Å². The highest BCUT2D eigenvalue weighted by molar-refractivity contribution is 5.87. The molecule has 0 bridgehead atoms. The van der Waals surface area contributed by atoms with E-state index >= 15 is 0 Å². The second kappa shape index (κ2) is 10.6. The number of allylic oxidation sites excluding steroid dienone is 1. The molecule has 0 unspecified atom stereocenters. The summed E-state index contributed by atoms with van der Waals surface area (Å²) in [5.41, 5.74) is 0.525. The number of hydrogen-bond acceptors (Lipinski definition) is 4. The standard InChI is InChI=1S/2C7H12O2/c1-6(2)4-5-7(8)9-3;1-5(2)6(3)7(8)9-4/h4-6H,1-3H3;5H,3H2,1-2,4H3/b5-4+;. The molecule has 0 radical (unpaired) electrons. The van der Waals surface area contributed by atoms with Crippen LogP contribution >= 0.6 is 0 Å². The summed E-state index contributed by atoms with van der Waals surface area (Å²) in [5.74, 6) is -0.0183. The highest BCUT2D eigenvalue weighted by atomic mass is 16.5. The van der Waals surface area contributed by atoms with Crippen molar-refractivity contribution in [1.29, 1.82) is 0 Å². The Hall–Kier alpha value is -1.58. The van der Waals surface area contributed by atoms with E-state index < -0.39 is 0 Å². The van der Waals surface area contributed by atoms with Gasteiger partial charge in [-0.3, -0.25) is 0 Å². The van der Waals surface area contributed by atoms with Crippen molar-refractivity contribution in [1.82, 2.24) is 0 Å². The molecular weight excluding hydrogens is 232 g/mol. The van der Waals surface area contributed by atoms with E-state index in [0.717, 1.165) is 0 Å². The first-order valence-electron chi connectivity index (χ1n) is 5.79. The van der Waals surface area contributed by atoms with Crippen LogP contribution in [0.5, 0.6) is 0 Å². The fraction of sp³-hybridized carbons (Fsp3) is 0.571. The minimum Gasteiger partial charge on any atom is -0.466 e. The van der Waals surface area contributed by atoms with E-state index in [2.05, 4.69) is 16.1 Å². The van der Waals surface area contributed by atoms with E-state index in [0.29, 0.717) is 11.5 Å². The monoisotopic (exact) mass is 256 g/mol. The van der Waals surface area contributed by atoms with E-state index in [4.69, 9.17) is 0 Å². The molecule has 0 aliphatic rings. The Bertz CT molecular complexity index is 301. The minimum atomic E-state index is -0.315. The number of carbonyl (C=O) groups excluding carboxylic acids is 2. The minimum absolute atomic E-state index is 0.178. The Morgan fingerprint density at radius 1 is 1.06 bits per heavy atom. The molecule has 0 aliphatic carbocycles. The van der Waals surface area contributed by atoms with Gasteiger partial charge in [-0.2, -0.15) is 0 Å². The maximum absolute atomic E-state index is 10.6. The van der Waals surface area contributed by atoms with Gasteiger partial charge in [0, 0.05) is 11.6 Å². The number of hydrogen-bond donors (Lipinski definition) is 0. The summed E-state index contributed by atoms with van der Waals surface area (Å²) in [5, 5.41) is 0. The SMILES string of the molecule is C=C(C(=O)OC)C(C)C.COC(=O)/C=C/C(C)C. The third kappa shape index (κ3) is 10.9. The molecule has 0 aromatic heterocycles. The van der Waals surface area contributed by atoms with Crippen LogP contribution in [0.25, 0.3) is 0 Å². The van der Waals surface area contributed by atoms with Crippen molar-refractivity contribution in [3.8, 4) is 0 Å². The molecule has 0 fully saturated rings. The zero-order valence-electron chi connectivity index (χ0n) is 12.1. The summed E-state index contributed by atoms with van der Waals surface area (Å²) in [6.07, 6.45) is 3.23. The van der Waals surface area contributed by atoms with E-state index in [1.54, 1.807) is 6.08 Å². The van der Waals surface area contributed by atoms with Gasteiger partial charge in [0.25, 0.3) is 0 Å². The summed E-state index contributed by atoms with van der Waals surface area (Å²) in [4.78, 5) is 21.0. The van der Waals surface area contributed by atoms with Crippen molar-refractivity contribution >= 4 is 11.9 Å². The van der Waals surface area contributed by atoms with Gasteiger partial charge in [0.1, 0.15) is 0 Å². The zero-order chi connectivity index (χ0) is 14.7. The van der Waals surface area contributed by atoms with Crippen molar-refractivity contribution in [2.24, 2.45) is 11.8 Å². The lowest BCUT2D eigenvalue weighted by Gasteiger charge is -2.04. The normalized spacial score (nSPS) is 10.0. The Morgan fingerprint density at radius 2 is 1.56 bits per heavy atom. The fourth-order valence-electron chi connectivity index (χ4n) is 0.706. The maximum Gasteiger partial charge on any atom is 0.333 e. The topological polar surface area (TPSA) is 52.6 Å². The Balaban J connectivity index is 0. The number of methoxy groups -OCH3 is 2. The van der Waals surface area contributed by atoms with Crippen molar-refractivity contribution in [2.75, 3.05) is 14.2 Å². The molecule has 0 rings (SSSR count). The molecule has 0 N–H and O–H groups in total. The van der Waals surface area contributed by atoms with Gasteiger partial charge in [-0.05, 0) is 11.8 Å². The van der Waals surface area contributed by atoms with Crippen molar-refractivity contribution in [2.45, 2.75) is 27.7 Å². The van der Waals surface area contributed by atoms with Crippen LogP contribution in [0.4, 0.5) is 0 Å². The van der Waals surface area contributed by atoms with Crippen LogP contribution in [0.15, 0.2) is 24.3 Å². The number of carbonyl (C=O) groups is 2. The van der Waals surface area contributed by atoms with Crippen molar-refractivity contribution < 1.29 is 19.1 Å². The lowest BCUT2D eigenvalue weighted by molar-refractivity contribution is -0.136. The molecule has 0 aromatic carbocycles. The van der Waals surface area contributed by atoms with Gasteiger partial charge in [0.2, 0.25) is 0 Å². The molecule has 104 valence electrons. The summed E-state index contributed by atoms with van der Waals surface area (Å²) >= 11 is 0. The Morgan fingerprint density at radius 3 is 1.78 bits per heavy atom. The molecule has 4 nitrogen and oxygen atoms in total. The second-order valence-corrected chi connectivity index (χ2v) is 4.30. The lowest BCUT2D eigenvalue weighted by atomic mass is 10.1. The largest absolute Gasteiger partial charge is 0.466 e. The first kappa shape index (κ1) is 18.8. The van der Waals surface area contributed by atoms with Crippen molar-refractivity contribution in [3.63, 3.8) is 0 Å². The molecule has 0 aromatic rings. The first-order chi connectivity index (χ1) is 8.26. The number of rotatable bonds is 4. The number of ether oxygens (including phenoxy) is 2. The van der Waals surface area contributed by atoms with Crippen LogP contribution in [0.1, 0.15) is 27.7 Å². The molecule has 0 amide bonds. The molecule has 0 aliphatic heterocycles. The summed E-state index contributed by atoms with van der Waals surface area (Å²) < 4.78 is 8.81. The molecule has 4 heteroatoms. The first-order valence-corrected chi connectivity index (χ1v) is 5.79. The molecule has 0 saturated carbocycles. The van der Waals surface area contributed by atoms with Crippen LogP contribution in [0.2, 0.25) is 0 Å². The number of esters is 2. The van der Waals surface area contributed by atoms with Crippen LogP contribution in [0, 0.1) is 11.8 Å². The van der Waals surface area contributed by atoms with Gasteiger partial charge in [-0.1, -0.05) is 40.3 Å².